The van der Waals surface area contributed by atoms with E-state index in [-0.39, 0.29) is 10.6 Å². The first-order valence-electron chi connectivity index (χ1n) is 4.60. The van der Waals surface area contributed by atoms with Gasteiger partial charge in [0.1, 0.15) is 0 Å². The van der Waals surface area contributed by atoms with Crippen LogP contribution in [0.25, 0.3) is 0 Å². The second-order valence-electron chi connectivity index (χ2n) is 3.55. The molecule has 0 radical (unpaired) electrons. The lowest BCUT2D eigenvalue weighted by Crippen LogP contribution is -2.24. The highest BCUT2D eigenvalue weighted by molar-refractivity contribution is 7.98. The van der Waals surface area contributed by atoms with Crippen LogP contribution < -0.4 is 0 Å². The maximum atomic E-state index is 11.8. The molecule has 1 aromatic rings. The molecule has 1 aromatic heterocycles. The van der Waals surface area contributed by atoms with Gasteiger partial charge in [0.05, 0.1) is 5.56 Å². The van der Waals surface area contributed by atoms with Crippen LogP contribution >= 0.6 is 11.8 Å². The number of aromatic nitrogens is 2. The van der Waals surface area contributed by atoms with Gasteiger partial charge in [0, 0.05) is 26.5 Å². The van der Waals surface area contributed by atoms with Gasteiger partial charge in [0.2, 0.25) is 0 Å². The van der Waals surface area contributed by atoms with E-state index in [1.165, 1.54) is 37.0 Å². The van der Waals surface area contributed by atoms with Crippen molar-refractivity contribution in [2.75, 3.05) is 26.6 Å². The standard InChI is InChI=1S/C9H13N3O3S2/c1-12(2)8(13)6-5-10-9(16-3)11-7(6)17(4,14)15/h5H,1-4H3. The molecule has 1 amide bonds. The Morgan fingerprint density at radius 3 is 2.41 bits per heavy atom. The zero-order chi connectivity index (χ0) is 13.2. The zero-order valence-electron chi connectivity index (χ0n) is 9.96. The van der Waals surface area contributed by atoms with Crippen LogP contribution in [0.5, 0.6) is 0 Å². The van der Waals surface area contributed by atoms with Crippen molar-refractivity contribution >= 4 is 27.5 Å². The lowest BCUT2D eigenvalue weighted by atomic mass is 10.3. The first-order valence-corrected chi connectivity index (χ1v) is 7.71. The van der Waals surface area contributed by atoms with Gasteiger partial charge in [-0.05, 0) is 6.26 Å². The van der Waals surface area contributed by atoms with E-state index in [1.807, 2.05) is 0 Å². The maximum absolute atomic E-state index is 11.8. The monoisotopic (exact) mass is 275 g/mol. The minimum absolute atomic E-state index is 0.00435. The van der Waals surface area contributed by atoms with E-state index in [0.717, 1.165) is 6.26 Å². The van der Waals surface area contributed by atoms with Crippen LogP contribution in [0.1, 0.15) is 10.4 Å². The summed E-state index contributed by atoms with van der Waals surface area (Å²) in [6, 6.07) is 0. The number of rotatable bonds is 3. The fraction of sp³-hybridized carbons (Fsp3) is 0.444. The summed E-state index contributed by atoms with van der Waals surface area (Å²) in [7, 11) is -0.479. The number of nitrogens with zero attached hydrogens (tertiary/aromatic N) is 3. The molecular weight excluding hydrogens is 262 g/mol. The Morgan fingerprint density at radius 2 is 2.00 bits per heavy atom. The number of amides is 1. The largest absolute Gasteiger partial charge is 0.345 e. The summed E-state index contributed by atoms with van der Waals surface area (Å²) in [6.45, 7) is 0. The third-order valence-electron chi connectivity index (χ3n) is 1.90. The lowest BCUT2D eigenvalue weighted by molar-refractivity contribution is 0.0822. The molecule has 0 aliphatic heterocycles. The average molecular weight is 275 g/mol. The molecular formula is C9H13N3O3S2. The molecule has 0 aliphatic carbocycles. The van der Waals surface area contributed by atoms with Gasteiger partial charge >= 0.3 is 0 Å². The van der Waals surface area contributed by atoms with Gasteiger partial charge in [0.25, 0.3) is 5.91 Å². The third kappa shape index (κ3) is 3.16. The minimum Gasteiger partial charge on any atom is -0.345 e. The SMILES string of the molecule is CSc1ncc(C(=O)N(C)C)c(S(C)(=O)=O)n1. The van der Waals surface area contributed by atoms with Crippen LogP contribution in [0, 0.1) is 0 Å². The summed E-state index contributed by atoms with van der Waals surface area (Å²) in [5.41, 5.74) is -0.00435. The van der Waals surface area contributed by atoms with Crippen LogP contribution in [0.3, 0.4) is 0 Å². The fourth-order valence-electron chi connectivity index (χ4n) is 1.12. The molecule has 94 valence electrons. The second-order valence-corrected chi connectivity index (χ2v) is 6.25. The van der Waals surface area contributed by atoms with Crippen molar-refractivity contribution < 1.29 is 13.2 Å². The highest BCUT2D eigenvalue weighted by atomic mass is 32.2. The van der Waals surface area contributed by atoms with Crippen LogP contribution in [0.15, 0.2) is 16.4 Å². The van der Waals surface area contributed by atoms with E-state index in [9.17, 15) is 13.2 Å². The number of carbonyl (C=O) groups excluding carboxylic acids is 1. The molecule has 0 unspecified atom stereocenters. The molecule has 17 heavy (non-hydrogen) atoms. The topological polar surface area (TPSA) is 80.2 Å². The molecule has 0 aliphatic rings. The Balaban J connectivity index is 3.46. The van der Waals surface area contributed by atoms with Gasteiger partial charge in [-0.3, -0.25) is 4.79 Å². The summed E-state index contributed by atoms with van der Waals surface area (Å²) >= 11 is 1.22. The van der Waals surface area contributed by atoms with Gasteiger partial charge in [-0.1, -0.05) is 11.8 Å². The predicted octanol–water partition coefficient (Wildman–Crippen LogP) is 0.304. The maximum Gasteiger partial charge on any atom is 0.257 e. The van der Waals surface area contributed by atoms with E-state index < -0.39 is 15.7 Å². The molecule has 0 N–H and O–H groups in total. The van der Waals surface area contributed by atoms with Crippen molar-refractivity contribution in [3.63, 3.8) is 0 Å². The molecule has 1 heterocycles. The van der Waals surface area contributed by atoms with Gasteiger partial charge < -0.3 is 4.90 Å². The van der Waals surface area contributed by atoms with Gasteiger partial charge in [0.15, 0.2) is 20.0 Å². The number of thioether (sulfide) groups is 1. The van der Waals surface area contributed by atoms with Crippen LogP contribution in [0.4, 0.5) is 0 Å². The molecule has 0 fully saturated rings. The molecule has 0 atom stereocenters. The first kappa shape index (κ1) is 13.9. The Hall–Kier alpha value is -1.15. The molecule has 8 heteroatoms. The molecule has 6 nitrogen and oxygen atoms in total. The minimum atomic E-state index is -3.56. The smallest absolute Gasteiger partial charge is 0.257 e. The van der Waals surface area contributed by atoms with Crippen molar-refractivity contribution in [2.24, 2.45) is 0 Å². The quantitative estimate of drug-likeness (QED) is 0.448. The number of hydrogen-bond donors (Lipinski definition) is 0. The Bertz CT molecular complexity index is 540. The first-order chi connectivity index (χ1) is 7.77. The lowest BCUT2D eigenvalue weighted by Gasteiger charge is -2.12. The number of carbonyl (C=O) groups is 1. The van der Waals surface area contributed by atoms with Crippen molar-refractivity contribution in [1.29, 1.82) is 0 Å². The number of sulfone groups is 1. The van der Waals surface area contributed by atoms with E-state index in [0.29, 0.717) is 5.16 Å². The van der Waals surface area contributed by atoms with Gasteiger partial charge in [-0.25, -0.2) is 18.4 Å². The van der Waals surface area contributed by atoms with Crippen molar-refractivity contribution in [3.8, 4) is 0 Å². The van der Waals surface area contributed by atoms with Gasteiger partial charge in [-0.2, -0.15) is 0 Å². The highest BCUT2D eigenvalue weighted by Crippen LogP contribution is 2.17. The highest BCUT2D eigenvalue weighted by Gasteiger charge is 2.23. The Morgan fingerprint density at radius 1 is 1.41 bits per heavy atom. The van der Waals surface area contributed by atoms with Crippen LogP contribution in [0.2, 0.25) is 0 Å². The number of hydrogen-bond acceptors (Lipinski definition) is 6. The van der Waals surface area contributed by atoms with Crippen molar-refractivity contribution in [3.05, 3.63) is 11.8 Å². The summed E-state index contributed by atoms with van der Waals surface area (Å²) < 4.78 is 23.2. The molecule has 1 rings (SSSR count). The molecule has 0 bridgehead atoms. The zero-order valence-corrected chi connectivity index (χ0v) is 11.6. The molecule has 0 saturated heterocycles. The fourth-order valence-corrected chi connectivity index (χ4v) is 2.31. The van der Waals surface area contributed by atoms with Crippen LogP contribution in [-0.2, 0) is 9.84 Å². The molecule has 0 saturated carbocycles. The normalized spacial score (nSPS) is 11.3. The van der Waals surface area contributed by atoms with Crippen molar-refractivity contribution in [1.82, 2.24) is 14.9 Å². The summed E-state index contributed by atoms with van der Waals surface area (Å²) in [6.07, 6.45) is 4.00. The summed E-state index contributed by atoms with van der Waals surface area (Å²) in [4.78, 5) is 20.9. The molecule has 0 aromatic carbocycles. The van der Waals surface area contributed by atoms with E-state index in [1.54, 1.807) is 6.26 Å². The van der Waals surface area contributed by atoms with Crippen LogP contribution in [-0.4, -0.2) is 55.8 Å². The van der Waals surface area contributed by atoms with Crippen molar-refractivity contribution in [2.45, 2.75) is 10.2 Å². The van der Waals surface area contributed by atoms with E-state index >= 15 is 0 Å². The third-order valence-corrected chi connectivity index (χ3v) is 3.48. The predicted molar refractivity (Wildman–Crippen MR) is 64.9 cm³/mol. The summed E-state index contributed by atoms with van der Waals surface area (Å²) in [5, 5.41) is 0.0938. The molecule has 0 spiro atoms. The van der Waals surface area contributed by atoms with E-state index in [2.05, 4.69) is 9.97 Å². The van der Waals surface area contributed by atoms with E-state index in [4.69, 9.17) is 0 Å². The Kier molecular flexibility index (Phi) is 4.10. The van der Waals surface area contributed by atoms with Gasteiger partial charge in [-0.15, -0.1) is 0 Å². The summed E-state index contributed by atoms with van der Waals surface area (Å²) in [5.74, 6) is -0.432. The second kappa shape index (κ2) is 5.01. The Labute approximate surface area is 104 Å². The average Bonchev–Trinajstić information content (AvgIpc) is 2.26.